The first kappa shape index (κ1) is 19.6. The van der Waals surface area contributed by atoms with Gasteiger partial charge in [-0.15, -0.1) is 5.10 Å². The van der Waals surface area contributed by atoms with E-state index >= 15 is 0 Å². The monoisotopic (exact) mass is 424 g/mol. The average molecular weight is 424 g/mol. The average Bonchev–Trinajstić information content (AvgIpc) is 3.26. The molecule has 5 rings (SSSR count). The van der Waals surface area contributed by atoms with Gasteiger partial charge >= 0.3 is 0 Å². The van der Waals surface area contributed by atoms with E-state index in [1.54, 1.807) is 24.3 Å². The zero-order valence-electron chi connectivity index (χ0n) is 17.1. The van der Waals surface area contributed by atoms with E-state index < -0.39 is 6.04 Å². The summed E-state index contributed by atoms with van der Waals surface area (Å²) < 4.78 is 1.08. The highest BCUT2D eigenvalue weighted by Gasteiger charge is 2.20. The minimum Gasteiger partial charge on any atom is -0.344 e. The van der Waals surface area contributed by atoms with Crippen LogP contribution in [-0.4, -0.2) is 30.9 Å². The highest BCUT2D eigenvalue weighted by molar-refractivity contribution is 5.79. The molecule has 0 aliphatic rings. The van der Waals surface area contributed by atoms with Crippen molar-refractivity contribution in [2.45, 2.75) is 19.0 Å². The number of imidazole rings is 1. The van der Waals surface area contributed by atoms with E-state index in [1.807, 2.05) is 54.6 Å². The summed E-state index contributed by atoms with van der Waals surface area (Å²) in [5, 5.41) is 11.4. The fourth-order valence-electron chi connectivity index (χ4n) is 3.71. The van der Waals surface area contributed by atoms with Gasteiger partial charge in [0.05, 0.1) is 22.5 Å². The van der Waals surface area contributed by atoms with Gasteiger partial charge in [0.2, 0.25) is 5.91 Å². The van der Waals surface area contributed by atoms with Crippen molar-refractivity contribution < 1.29 is 4.79 Å². The van der Waals surface area contributed by atoms with E-state index in [0.29, 0.717) is 23.1 Å². The van der Waals surface area contributed by atoms with Gasteiger partial charge in [0.25, 0.3) is 5.56 Å². The van der Waals surface area contributed by atoms with Gasteiger partial charge in [0.1, 0.15) is 17.9 Å². The molecule has 0 saturated carbocycles. The Bertz CT molecular complexity index is 1420. The van der Waals surface area contributed by atoms with Crippen molar-refractivity contribution in [3.05, 3.63) is 101 Å². The lowest BCUT2D eigenvalue weighted by atomic mass is 10.1. The van der Waals surface area contributed by atoms with Crippen LogP contribution >= 0.6 is 0 Å². The summed E-state index contributed by atoms with van der Waals surface area (Å²) in [6, 6.07) is 24.1. The Hall–Kier alpha value is -4.33. The van der Waals surface area contributed by atoms with Gasteiger partial charge in [-0.3, -0.25) is 9.59 Å². The summed E-state index contributed by atoms with van der Waals surface area (Å²) in [7, 11) is 0. The summed E-state index contributed by atoms with van der Waals surface area (Å²) in [6.45, 7) is -0.234. The summed E-state index contributed by atoms with van der Waals surface area (Å²) in [6.07, 6.45) is 0.546. The molecule has 8 nitrogen and oxygen atoms in total. The van der Waals surface area contributed by atoms with Crippen LogP contribution in [-0.2, 0) is 17.8 Å². The van der Waals surface area contributed by atoms with Crippen molar-refractivity contribution in [2.24, 2.45) is 0 Å². The van der Waals surface area contributed by atoms with Crippen LogP contribution in [0.2, 0.25) is 0 Å². The molecule has 1 atom stereocenters. The lowest BCUT2D eigenvalue weighted by molar-refractivity contribution is -0.122. The molecule has 158 valence electrons. The van der Waals surface area contributed by atoms with Crippen LogP contribution in [0.25, 0.3) is 21.9 Å². The largest absolute Gasteiger partial charge is 0.344 e. The minimum absolute atomic E-state index is 0.234. The molecule has 8 heteroatoms. The fourth-order valence-corrected chi connectivity index (χ4v) is 3.71. The summed E-state index contributed by atoms with van der Waals surface area (Å²) in [5.74, 6) is 0.304. The van der Waals surface area contributed by atoms with E-state index in [9.17, 15) is 9.59 Å². The second-order valence-electron chi connectivity index (χ2n) is 7.52. The Morgan fingerprint density at radius 2 is 1.66 bits per heavy atom. The van der Waals surface area contributed by atoms with E-state index in [-0.39, 0.29) is 18.0 Å². The third kappa shape index (κ3) is 3.98. The molecule has 2 aromatic heterocycles. The third-order valence-electron chi connectivity index (χ3n) is 5.28. The number of hydrogen-bond acceptors (Lipinski definition) is 5. The zero-order valence-corrected chi connectivity index (χ0v) is 17.1. The van der Waals surface area contributed by atoms with Gasteiger partial charge in [0.15, 0.2) is 0 Å². The normalized spacial score (nSPS) is 12.1. The number of amides is 1. The van der Waals surface area contributed by atoms with Crippen molar-refractivity contribution in [3.63, 3.8) is 0 Å². The Morgan fingerprint density at radius 3 is 2.47 bits per heavy atom. The van der Waals surface area contributed by atoms with Gasteiger partial charge < -0.3 is 10.3 Å². The van der Waals surface area contributed by atoms with Crippen LogP contribution in [0.1, 0.15) is 17.4 Å². The predicted molar refractivity (Wildman–Crippen MR) is 121 cm³/mol. The van der Waals surface area contributed by atoms with Gasteiger partial charge in [-0.25, -0.2) is 9.67 Å². The topological polar surface area (TPSA) is 106 Å². The molecule has 2 heterocycles. The number of carbonyl (C=O) groups is 1. The Balaban J connectivity index is 1.42. The van der Waals surface area contributed by atoms with E-state index in [4.69, 9.17) is 0 Å². The molecule has 0 radical (unpaired) electrons. The molecule has 0 aliphatic carbocycles. The number of aromatic nitrogens is 5. The SMILES string of the molecule is O=C(Cn1nnc2ccccc2c1=O)NC(Cc1ccccc1)c1nc2ccccc2[nH]1. The molecular formula is C24H20N6O2. The van der Waals surface area contributed by atoms with Crippen molar-refractivity contribution >= 4 is 27.8 Å². The maximum absolute atomic E-state index is 12.9. The smallest absolute Gasteiger partial charge is 0.278 e. The van der Waals surface area contributed by atoms with E-state index in [0.717, 1.165) is 21.3 Å². The maximum atomic E-state index is 12.9. The number of benzene rings is 3. The number of hydrogen-bond donors (Lipinski definition) is 2. The number of fused-ring (bicyclic) bond motifs is 2. The molecule has 3 aromatic carbocycles. The number of aromatic amines is 1. The number of H-pyrrole nitrogens is 1. The maximum Gasteiger partial charge on any atom is 0.278 e. The number of para-hydroxylation sites is 2. The predicted octanol–water partition coefficient (Wildman–Crippen LogP) is 2.77. The quantitative estimate of drug-likeness (QED) is 0.436. The van der Waals surface area contributed by atoms with Crippen LogP contribution in [0, 0.1) is 0 Å². The van der Waals surface area contributed by atoms with Gasteiger partial charge in [-0.05, 0) is 36.2 Å². The fraction of sp³-hybridized carbons (Fsp3) is 0.125. The first-order valence-corrected chi connectivity index (χ1v) is 10.3. The molecule has 32 heavy (non-hydrogen) atoms. The Labute approximate surface area is 182 Å². The molecule has 0 fully saturated rings. The molecule has 1 unspecified atom stereocenters. The summed E-state index contributed by atoms with van der Waals surface area (Å²) in [4.78, 5) is 33.6. The van der Waals surface area contributed by atoms with Gasteiger partial charge in [-0.2, -0.15) is 0 Å². The van der Waals surface area contributed by atoms with E-state index in [2.05, 4.69) is 25.6 Å². The lowest BCUT2D eigenvalue weighted by Crippen LogP contribution is -2.37. The molecule has 0 spiro atoms. The molecule has 0 saturated heterocycles. The van der Waals surface area contributed by atoms with Crippen molar-refractivity contribution in [3.8, 4) is 0 Å². The number of rotatable bonds is 6. The van der Waals surface area contributed by atoms with Crippen molar-refractivity contribution in [2.75, 3.05) is 0 Å². The molecule has 0 aliphatic heterocycles. The summed E-state index contributed by atoms with van der Waals surface area (Å²) >= 11 is 0. The lowest BCUT2D eigenvalue weighted by Gasteiger charge is -2.17. The van der Waals surface area contributed by atoms with Crippen LogP contribution in [0.3, 0.4) is 0 Å². The van der Waals surface area contributed by atoms with Crippen molar-refractivity contribution in [1.82, 2.24) is 30.3 Å². The Morgan fingerprint density at radius 1 is 0.938 bits per heavy atom. The minimum atomic E-state index is -0.401. The second-order valence-corrected chi connectivity index (χ2v) is 7.52. The van der Waals surface area contributed by atoms with E-state index in [1.165, 1.54) is 0 Å². The number of nitrogens with zero attached hydrogens (tertiary/aromatic N) is 4. The number of carbonyl (C=O) groups excluding carboxylic acids is 1. The summed E-state index contributed by atoms with van der Waals surface area (Å²) in [5.41, 5.74) is 2.92. The van der Waals surface area contributed by atoms with Crippen LogP contribution in [0.5, 0.6) is 0 Å². The van der Waals surface area contributed by atoms with Crippen LogP contribution < -0.4 is 10.9 Å². The molecule has 0 bridgehead atoms. The van der Waals surface area contributed by atoms with Crippen LogP contribution in [0.4, 0.5) is 0 Å². The number of nitrogens with one attached hydrogen (secondary N) is 2. The van der Waals surface area contributed by atoms with Gasteiger partial charge in [0, 0.05) is 0 Å². The highest BCUT2D eigenvalue weighted by atomic mass is 16.2. The second kappa shape index (κ2) is 8.43. The molecule has 5 aromatic rings. The highest BCUT2D eigenvalue weighted by Crippen LogP contribution is 2.20. The molecular weight excluding hydrogens is 404 g/mol. The first-order chi connectivity index (χ1) is 15.7. The zero-order chi connectivity index (χ0) is 21.9. The first-order valence-electron chi connectivity index (χ1n) is 10.3. The Kier molecular flexibility index (Phi) is 5.17. The standard InChI is InChI=1S/C24H20N6O2/c31-22(15-30-24(32)17-10-4-5-11-18(17)28-29-30)25-21(14-16-8-2-1-3-9-16)23-26-19-12-6-7-13-20(19)27-23/h1-13,21H,14-15H2,(H,25,31)(H,26,27). The van der Waals surface area contributed by atoms with Gasteiger partial charge in [-0.1, -0.05) is 59.8 Å². The van der Waals surface area contributed by atoms with Crippen LogP contribution in [0.15, 0.2) is 83.7 Å². The molecule has 2 N–H and O–H groups in total. The molecule has 1 amide bonds. The third-order valence-corrected chi connectivity index (χ3v) is 5.28. The van der Waals surface area contributed by atoms with Crippen molar-refractivity contribution in [1.29, 1.82) is 0 Å².